The first kappa shape index (κ1) is 13.6. The Morgan fingerprint density at radius 1 is 1.61 bits per heavy atom. The molecule has 1 aliphatic rings. The molecule has 1 aromatic rings. The Labute approximate surface area is 114 Å². The van der Waals surface area contributed by atoms with Crippen LogP contribution in [0.4, 0.5) is 4.39 Å². The third-order valence-electron chi connectivity index (χ3n) is 2.93. The summed E-state index contributed by atoms with van der Waals surface area (Å²) in [5, 5.41) is 9.21. The number of hydrogen-bond acceptors (Lipinski definition) is 3. The van der Waals surface area contributed by atoms with Crippen LogP contribution in [0, 0.1) is 5.82 Å². The molecule has 1 unspecified atom stereocenters. The molecule has 1 aliphatic heterocycles. The number of carbonyl (C=O) groups is 1. The SMILES string of the molecule is O=C(O)C1CSCCN1Cc1cccc(Cl)c1F. The second-order valence-electron chi connectivity index (χ2n) is 4.11. The third-order valence-corrected chi connectivity index (χ3v) is 4.24. The first-order valence-corrected chi connectivity index (χ1v) is 7.10. The summed E-state index contributed by atoms with van der Waals surface area (Å²) in [6, 6.07) is 4.25. The zero-order chi connectivity index (χ0) is 13.1. The summed E-state index contributed by atoms with van der Waals surface area (Å²) in [7, 11) is 0. The van der Waals surface area contributed by atoms with Crippen molar-refractivity contribution in [3.05, 3.63) is 34.6 Å². The van der Waals surface area contributed by atoms with Gasteiger partial charge in [-0.2, -0.15) is 11.8 Å². The van der Waals surface area contributed by atoms with Crippen LogP contribution < -0.4 is 0 Å². The highest BCUT2D eigenvalue weighted by molar-refractivity contribution is 7.99. The van der Waals surface area contributed by atoms with Crippen LogP contribution >= 0.6 is 23.4 Å². The van der Waals surface area contributed by atoms with Gasteiger partial charge in [0.15, 0.2) is 0 Å². The topological polar surface area (TPSA) is 40.5 Å². The number of hydrogen-bond donors (Lipinski definition) is 1. The Morgan fingerprint density at radius 2 is 2.39 bits per heavy atom. The van der Waals surface area contributed by atoms with Gasteiger partial charge in [-0.1, -0.05) is 23.7 Å². The van der Waals surface area contributed by atoms with E-state index in [9.17, 15) is 9.18 Å². The molecule has 1 fully saturated rings. The largest absolute Gasteiger partial charge is 0.480 e. The molecule has 98 valence electrons. The molecule has 3 nitrogen and oxygen atoms in total. The highest BCUT2D eigenvalue weighted by atomic mass is 35.5. The van der Waals surface area contributed by atoms with E-state index in [2.05, 4.69) is 0 Å². The lowest BCUT2D eigenvalue weighted by atomic mass is 10.1. The molecule has 1 heterocycles. The van der Waals surface area contributed by atoms with Gasteiger partial charge in [0, 0.05) is 30.2 Å². The maximum Gasteiger partial charge on any atom is 0.321 e. The van der Waals surface area contributed by atoms with Crippen LogP contribution in [-0.2, 0) is 11.3 Å². The van der Waals surface area contributed by atoms with E-state index in [1.54, 1.807) is 28.8 Å². The van der Waals surface area contributed by atoms with Crippen molar-refractivity contribution >= 4 is 29.3 Å². The summed E-state index contributed by atoms with van der Waals surface area (Å²) >= 11 is 7.33. The Morgan fingerprint density at radius 3 is 3.11 bits per heavy atom. The number of carboxylic acids is 1. The Kier molecular flexibility index (Phi) is 4.48. The lowest BCUT2D eigenvalue weighted by Gasteiger charge is -2.32. The van der Waals surface area contributed by atoms with Crippen LogP contribution in [0.25, 0.3) is 0 Å². The van der Waals surface area contributed by atoms with Crippen LogP contribution in [0.5, 0.6) is 0 Å². The van der Waals surface area contributed by atoms with Crippen molar-refractivity contribution in [2.24, 2.45) is 0 Å². The average Bonchev–Trinajstić information content (AvgIpc) is 2.35. The molecule has 2 rings (SSSR count). The molecule has 1 aromatic carbocycles. The number of thioether (sulfide) groups is 1. The van der Waals surface area contributed by atoms with Crippen LogP contribution in [0.15, 0.2) is 18.2 Å². The Bertz CT molecular complexity index is 458. The maximum atomic E-state index is 13.8. The van der Waals surface area contributed by atoms with E-state index in [1.165, 1.54) is 6.07 Å². The third kappa shape index (κ3) is 2.96. The summed E-state index contributed by atoms with van der Waals surface area (Å²) in [4.78, 5) is 12.9. The molecular formula is C12H13ClFNO2S. The highest BCUT2D eigenvalue weighted by Gasteiger charge is 2.29. The normalized spacial score (nSPS) is 20.9. The van der Waals surface area contributed by atoms with Crippen molar-refractivity contribution < 1.29 is 14.3 Å². The summed E-state index contributed by atoms with van der Waals surface area (Å²) in [6.07, 6.45) is 0. The molecule has 0 spiro atoms. The van der Waals surface area contributed by atoms with Gasteiger partial charge in [0.25, 0.3) is 0 Å². The fourth-order valence-corrected chi connectivity index (χ4v) is 3.25. The Balaban J connectivity index is 2.16. The van der Waals surface area contributed by atoms with Gasteiger partial charge in [-0.25, -0.2) is 4.39 Å². The van der Waals surface area contributed by atoms with Crippen LogP contribution in [0.3, 0.4) is 0 Å². The van der Waals surface area contributed by atoms with Gasteiger partial charge < -0.3 is 5.11 Å². The van der Waals surface area contributed by atoms with Crippen molar-refractivity contribution in [3.63, 3.8) is 0 Å². The number of nitrogens with zero attached hydrogens (tertiary/aromatic N) is 1. The lowest BCUT2D eigenvalue weighted by molar-refractivity contribution is -0.142. The van der Waals surface area contributed by atoms with Crippen molar-refractivity contribution in [2.45, 2.75) is 12.6 Å². The molecule has 1 N–H and O–H groups in total. The molecular weight excluding hydrogens is 277 g/mol. The molecule has 0 radical (unpaired) electrons. The minimum absolute atomic E-state index is 0.0748. The Hall–Kier alpha value is -0.780. The van der Waals surface area contributed by atoms with Gasteiger partial charge in [0.05, 0.1) is 5.02 Å². The van der Waals surface area contributed by atoms with Gasteiger partial charge in [0.2, 0.25) is 0 Å². The van der Waals surface area contributed by atoms with E-state index < -0.39 is 17.8 Å². The molecule has 0 aromatic heterocycles. The minimum atomic E-state index is -0.857. The van der Waals surface area contributed by atoms with Crippen molar-refractivity contribution in [1.29, 1.82) is 0 Å². The molecule has 0 aliphatic carbocycles. The van der Waals surface area contributed by atoms with Crippen LogP contribution in [0.1, 0.15) is 5.56 Å². The first-order chi connectivity index (χ1) is 8.59. The van der Waals surface area contributed by atoms with E-state index in [0.29, 0.717) is 17.9 Å². The van der Waals surface area contributed by atoms with Crippen LogP contribution in [-0.4, -0.2) is 40.1 Å². The van der Waals surface area contributed by atoms with Gasteiger partial charge in [-0.3, -0.25) is 9.69 Å². The minimum Gasteiger partial charge on any atom is -0.480 e. The lowest BCUT2D eigenvalue weighted by Crippen LogP contribution is -2.46. The molecule has 1 saturated heterocycles. The van der Waals surface area contributed by atoms with Gasteiger partial charge >= 0.3 is 5.97 Å². The predicted octanol–water partition coefficient (Wildman–Crippen LogP) is 2.48. The number of halogens is 2. The van der Waals surface area contributed by atoms with Crippen molar-refractivity contribution in [2.75, 3.05) is 18.1 Å². The molecule has 6 heteroatoms. The zero-order valence-corrected chi connectivity index (χ0v) is 11.2. The van der Waals surface area contributed by atoms with Gasteiger partial charge in [-0.05, 0) is 6.07 Å². The molecule has 1 atom stereocenters. The van der Waals surface area contributed by atoms with Crippen molar-refractivity contribution in [1.82, 2.24) is 4.90 Å². The average molecular weight is 290 g/mol. The summed E-state index contributed by atoms with van der Waals surface area (Å²) < 4.78 is 13.8. The van der Waals surface area contributed by atoms with E-state index in [0.717, 1.165) is 5.75 Å². The molecule has 18 heavy (non-hydrogen) atoms. The second kappa shape index (κ2) is 5.91. The first-order valence-electron chi connectivity index (χ1n) is 5.57. The predicted molar refractivity (Wildman–Crippen MR) is 70.6 cm³/mol. The van der Waals surface area contributed by atoms with E-state index in [-0.39, 0.29) is 11.6 Å². The monoisotopic (exact) mass is 289 g/mol. The van der Waals surface area contributed by atoms with E-state index >= 15 is 0 Å². The van der Waals surface area contributed by atoms with E-state index in [1.807, 2.05) is 0 Å². The fraction of sp³-hybridized carbons (Fsp3) is 0.417. The van der Waals surface area contributed by atoms with Gasteiger partial charge in [0.1, 0.15) is 11.9 Å². The fourth-order valence-electron chi connectivity index (χ4n) is 1.94. The summed E-state index contributed by atoms with van der Waals surface area (Å²) in [5.41, 5.74) is 0.445. The molecule has 0 saturated carbocycles. The smallest absolute Gasteiger partial charge is 0.321 e. The molecule has 0 bridgehead atoms. The number of benzene rings is 1. The quantitative estimate of drug-likeness (QED) is 0.928. The standard InChI is InChI=1S/C12H13ClFNO2S/c13-9-3-1-2-8(11(9)14)6-15-4-5-18-7-10(15)12(16)17/h1-3,10H,4-7H2,(H,16,17). The maximum absolute atomic E-state index is 13.8. The second-order valence-corrected chi connectivity index (χ2v) is 5.67. The van der Waals surface area contributed by atoms with Crippen LogP contribution in [0.2, 0.25) is 5.02 Å². The molecule has 0 amide bonds. The summed E-state index contributed by atoms with van der Waals surface area (Å²) in [6.45, 7) is 0.928. The van der Waals surface area contributed by atoms with Gasteiger partial charge in [-0.15, -0.1) is 0 Å². The number of rotatable bonds is 3. The van der Waals surface area contributed by atoms with E-state index in [4.69, 9.17) is 16.7 Å². The van der Waals surface area contributed by atoms with Crippen molar-refractivity contribution in [3.8, 4) is 0 Å². The zero-order valence-electron chi connectivity index (χ0n) is 9.60. The number of aliphatic carboxylic acids is 1. The summed E-state index contributed by atoms with van der Waals surface area (Å²) in [5.74, 6) is 0.0925. The number of carboxylic acid groups (broad SMARTS) is 1. The highest BCUT2D eigenvalue weighted by Crippen LogP contribution is 2.23.